The molecule has 1 rings (SSSR count). The predicted molar refractivity (Wildman–Crippen MR) is 57.8 cm³/mol. The Bertz CT molecular complexity index is 397. The summed E-state index contributed by atoms with van der Waals surface area (Å²) < 4.78 is 25.4. The minimum atomic E-state index is -3.42. The smallest absolute Gasteiger partial charge is 0.260 e. The Hall–Kier alpha value is -0.880. The van der Waals surface area contributed by atoms with Crippen molar-refractivity contribution in [2.24, 2.45) is 5.92 Å². The summed E-state index contributed by atoms with van der Waals surface area (Å²) >= 11 is 0. The van der Waals surface area contributed by atoms with Crippen molar-refractivity contribution in [1.82, 2.24) is 14.3 Å². The molecule has 1 atom stereocenters. The van der Waals surface area contributed by atoms with E-state index in [0.717, 1.165) is 0 Å². The van der Waals surface area contributed by atoms with E-state index in [-0.39, 0.29) is 17.0 Å². The molecule has 5 nitrogen and oxygen atoms in total. The van der Waals surface area contributed by atoms with Gasteiger partial charge in [0.2, 0.25) is 0 Å². The number of nitrogens with one attached hydrogen (secondary N) is 1. The van der Waals surface area contributed by atoms with E-state index in [0.29, 0.717) is 0 Å². The maximum absolute atomic E-state index is 12.0. The van der Waals surface area contributed by atoms with Crippen LogP contribution in [0.25, 0.3) is 0 Å². The van der Waals surface area contributed by atoms with Crippen LogP contribution < -0.4 is 0 Å². The molecular formula is C9H17N3O2S. The van der Waals surface area contributed by atoms with Crippen molar-refractivity contribution in [3.63, 3.8) is 0 Å². The van der Waals surface area contributed by atoms with Gasteiger partial charge in [-0.25, -0.2) is 13.4 Å². The first-order chi connectivity index (χ1) is 6.87. The molecule has 0 spiro atoms. The summed E-state index contributed by atoms with van der Waals surface area (Å²) in [5.74, 6) is 0.271. The van der Waals surface area contributed by atoms with E-state index >= 15 is 0 Å². The van der Waals surface area contributed by atoms with Gasteiger partial charge in [-0.3, -0.25) is 0 Å². The third-order valence-electron chi connectivity index (χ3n) is 2.67. The van der Waals surface area contributed by atoms with Gasteiger partial charge in [-0.1, -0.05) is 13.8 Å². The summed E-state index contributed by atoms with van der Waals surface area (Å²) in [5.41, 5.74) is 0. The van der Waals surface area contributed by atoms with Gasteiger partial charge in [0.15, 0.2) is 5.03 Å². The molecule has 15 heavy (non-hydrogen) atoms. The Morgan fingerprint density at radius 1 is 1.40 bits per heavy atom. The number of aromatic nitrogens is 2. The fraction of sp³-hybridized carbons (Fsp3) is 0.667. The highest BCUT2D eigenvalue weighted by Crippen LogP contribution is 2.17. The van der Waals surface area contributed by atoms with Crippen molar-refractivity contribution >= 4 is 10.0 Å². The Balaban J connectivity index is 2.98. The summed E-state index contributed by atoms with van der Waals surface area (Å²) in [5, 5.41) is 0.137. The van der Waals surface area contributed by atoms with E-state index in [9.17, 15) is 8.42 Å². The van der Waals surface area contributed by atoms with Gasteiger partial charge in [-0.15, -0.1) is 0 Å². The maximum atomic E-state index is 12.0. The zero-order valence-corrected chi connectivity index (χ0v) is 10.2. The molecule has 0 aliphatic heterocycles. The molecule has 1 N–H and O–H groups in total. The molecule has 0 bridgehead atoms. The molecule has 1 aromatic rings. The van der Waals surface area contributed by atoms with Crippen LogP contribution >= 0.6 is 0 Å². The van der Waals surface area contributed by atoms with Gasteiger partial charge in [-0.2, -0.15) is 4.31 Å². The van der Waals surface area contributed by atoms with Crippen LogP contribution in [0.5, 0.6) is 0 Å². The molecule has 0 saturated carbocycles. The number of hydrogen-bond donors (Lipinski definition) is 1. The Morgan fingerprint density at radius 3 is 2.40 bits per heavy atom. The minimum absolute atomic E-state index is 0.0432. The molecule has 1 aromatic heterocycles. The lowest BCUT2D eigenvalue weighted by Gasteiger charge is -2.26. The van der Waals surface area contributed by atoms with E-state index in [1.54, 1.807) is 7.05 Å². The van der Waals surface area contributed by atoms with E-state index in [1.807, 2.05) is 20.8 Å². The first kappa shape index (κ1) is 12.2. The topological polar surface area (TPSA) is 66.1 Å². The number of rotatable bonds is 4. The maximum Gasteiger partial charge on any atom is 0.260 e. The fourth-order valence-corrected chi connectivity index (χ4v) is 2.57. The standard InChI is InChI=1S/C9H17N3O2S/c1-7(2)8(3)12(4)15(13,14)9-5-10-6-11-9/h5-8H,1-4H3,(H,10,11). The molecule has 0 aliphatic rings. The molecule has 1 unspecified atom stereocenters. The van der Waals surface area contributed by atoms with Crippen LogP contribution in [0, 0.1) is 5.92 Å². The largest absolute Gasteiger partial charge is 0.335 e. The molecular weight excluding hydrogens is 214 g/mol. The number of hydrogen-bond acceptors (Lipinski definition) is 3. The van der Waals surface area contributed by atoms with E-state index < -0.39 is 10.0 Å². The second kappa shape index (κ2) is 4.32. The first-order valence-corrected chi connectivity index (χ1v) is 6.27. The van der Waals surface area contributed by atoms with Crippen LogP contribution in [0.2, 0.25) is 0 Å². The number of nitrogens with zero attached hydrogens (tertiary/aromatic N) is 2. The van der Waals surface area contributed by atoms with E-state index in [4.69, 9.17) is 0 Å². The van der Waals surface area contributed by atoms with Crippen molar-refractivity contribution in [1.29, 1.82) is 0 Å². The molecule has 0 aromatic carbocycles. The lowest BCUT2D eigenvalue weighted by Crippen LogP contribution is -2.38. The van der Waals surface area contributed by atoms with Crippen LogP contribution in [0.1, 0.15) is 20.8 Å². The van der Waals surface area contributed by atoms with Gasteiger partial charge < -0.3 is 4.98 Å². The molecule has 0 radical (unpaired) electrons. The third-order valence-corrected chi connectivity index (χ3v) is 4.54. The van der Waals surface area contributed by atoms with Gasteiger partial charge in [0, 0.05) is 13.1 Å². The second-order valence-corrected chi connectivity index (χ2v) is 5.89. The van der Waals surface area contributed by atoms with Gasteiger partial charge in [0.1, 0.15) is 0 Å². The van der Waals surface area contributed by atoms with Crippen LogP contribution in [-0.2, 0) is 10.0 Å². The summed E-state index contributed by atoms with van der Waals surface area (Å²) in [6.07, 6.45) is 2.68. The number of sulfonamides is 1. The van der Waals surface area contributed by atoms with Gasteiger partial charge in [0.25, 0.3) is 10.0 Å². The molecule has 0 saturated heterocycles. The van der Waals surface area contributed by atoms with Gasteiger partial charge in [-0.05, 0) is 12.8 Å². The molecule has 0 fully saturated rings. The van der Waals surface area contributed by atoms with Crippen LogP contribution in [0.15, 0.2) is 17.6 Å². The van der Waals surface area contributed by atoms with Gasteiger partial charge in [0.05, 0.1) is 12.5 Å². The van der Waals surface area contributed by atoms with Crippen LogP contribution in [0.3, 0.4) is 0 Å². The summed E-state index contributed by atoms with van der Waals surface area (Å²) in [4.78, 5) is 6.33. The number of aromatic amines is 1. The normalized spacial score (nSPS) is 14.8. The zero-order chi connectivity index (χ0) is 11.6. The van der Waals surface area contributed by atoms with Crippen LogP contribution in [0.4, 0.5) is 0 Å². The Kier molecular flexibility index (Phi) is 3.51. The van der Waals surface area contributed by atoms with Crippen molar-refractivity contribution in [3.8, 4) is 0 Å². The highest BCUT2D eigenvalue weighted by atomic mass is 32.2. The molecule has 0 aliphatic carbocycles. The summed E-state index contributed by atoms with van der Waals surface area (Å²) in [6, 6.07) is -0.0432. The number of imidazole rings is 1. The fourth-order valence-electron chi connectivity index (χ4n) is 1.18. The second-order valence-electron chi connectivity index (χ2n) is 3.92. The van der Waals surface area contributed by atoms with Crippen molar-refractivity contribution in [2.45, 2.75) is 31.8 Å². The Labute approximate surface area is 90.6 Å². The van der Waals surface area contributed by atoms with E-state index in [1.165, 1.54) is 16.8 Å². The van der Waals surface area contributed by atoms with Crippen molar-refractivity contribution in [2.75, 3.05) is 7.05 Å². The highest BCUT2D eigenvalue weighted by Gasteiger charge is 2.27. The predicted octanol–water partition coefficient (Wildman–Crippen LogP) is 1.07. The van der Waals surface area contributed by atoms with Gasteiger partial charge >= 0.3 is 0 Å². The van der Waals surface area contributed by atoms with Crippen molar-refractivity contribution < 1.29 is 8.42 Å². The van der Waals surface area contributed by atoms with Crippen molar-refractivity contribution in [3.05, 3.63) is 12.5 Å². The average molecular weight is 231 g/mol. The number of H-pyrrole nitrogens is 1. The SMILES string of the molecule is CC(C)C(C)N(C)S(=O)(=O)c1cnc[nH]1. The Morgan fingerprint density at radius 2 is 2.00 bits per heavy atom. The average Bonchev–Trinajstić information content (AvgIpc) is 2.68. The molecule has 6 heteroatoms. The van der Waals surface area contributed by atoms with E-state index in [2.05, 4.69) is 9.97 Å². The minimum Gasteiger partial charge on any atom is -0.335 e. The summed E-state index contributed by atoms with van der Waals surface area (Å²) in [6.45, 7) is 5.87. The molecule has 86 valence electrons. The summed E-state index contributed by atoms with van der Waals surface area (Å²) in [7, 11) is -1.84. The lowest BCUT2D eigenvalue weighted by atomic mass is 10.1. The lowest BCUT2D eigenvalue weighted by molar-refractivity contribution is 0.315. The first-order valence-electron chi connectivity index (χ1n) is 4.83. The highest BCUT2D eigenvalue weighted by molar-refractivity contribution is 7.89. The molecule has 0 amide bonds. The zero-order valence-electron chi connectivity index (χ0n) is 9.43. The quantitative estimate of drug-likeness (QED) is 0.843. The molecule has 1 heterocycles. The van der Waals surface area contributed by atoms with Crippen LogP contribution in [-0.4, -0.2) is 35.8 Å². The monoisotopic (exact) mass is 231 g/mol. The third kappa shape index (κ3) is 2.38.